The molecule has 1 unspecified atom stereocenters. The monoisotopic (exact) mass is 459 g/mol. The van der Waals surface area contributed by atoms with Crippen LogP contribution in [-0.4, -0.2) is 26.7 Å². The third-order valence-electron chi connectivity index (χ3n) is 4.71. The molecule has 0 spiro atoms. The van der Waals surface area contributed by atoms with Crippen molar-refractivity contribution in [1.29, 1.82) is 0 Å². The standard InChI is InChI=1S/C20H19BrClN5O/c21-14-3-8-17(22)13(9-14)10-18(23)20(28)25-15-4-1-12(2-5-15)19-26-24-11-27(19)16-6-7-16/h1-5,8-9,11,16,18H,6-7,10,23H2,(H,25,28). The smallest absolute Gasteiger partial charge is 0.241 e. The third-order valence-corrected chi connectivity index (χ3v) is 5.57. The van der Waals surface area contributed by atoms with E-state index in [1.54, 1.807) is 12.4 Å². The Morgan fingerprint density at radius 1 is 1.29 bits per heavy atom. The van der Waals surface area contributed by atoms with Crippen molar-refractivity contribution in [3.8, 4) is 11.4 Å². The maximum absolute atomic E-state index is 12.5. The molecule has 4 rings (SSSR count). The molecule has 3 aromatic rings. The van der Waals surface area contributed by atoms with E-state index in [1.807, 2.05) is 36.4 Å². The molecule has 3 N–H and O–H groups in total. The Morgan fingerprint density at radius 2 is 2.04 bits per heavy atom. The van der Waals surface area contributed by atoms with E-state index in [9.17, 15) is 4.79 Å². The number of nitrogens with two attached hydrogens (primary N) is 1. The first-order valence-electron chi connectivity index (χ1n) is 9.01. The van der Waals surface area contributed by atoms with Gasteiger partial charge in [0.2, 0.25) is 5.91 Å². The fourth-order valence-corrected chi connectivity index (χ4v) is 3.64. The van der Waals surface area contributed by atoms with Crippen LogP contribution >= 0.6 is 27.5 Å². The first-order chi connectivity index (χ1) is 13.5. The second-order valence-corrected chi connectivity index (χ2v) is 8.23. The third kappa shape index (κ3) is 4.27. The number of rotatable bonds is 6. The Bertz CT molecular complexity index is 1000. The summed E-state index contributed by atoms with van der Waals surface area (Å²) in [6, 6.07) is 12.9. The molecular formula is C20H19BrClN5O. The van der Waals surface area contributed by atoms with E-state index < -0.39 is 6.04 Å². The van der Waals surface area contributed by atoms with Gasteiger partial charge in [0.25, 0.3) is 0 Å². The first kappa shape index (κ1) is 19.1. The van der Waals surface area contributed by atoms with Gasteiger partial charge in [0, 0.05) is 26.8 Å². The van der Waals surface area contributed by atoms with Crippen LogP contribution in [-0.2, 0) is 11.2 Å². The van der Waals surface area contributed by atoms with Crippen LogP contribution in [0.25, 0.3) is 11.4 Å². The number of hydrogen-bond donors (Lipinski definition) is 2. The number of halogens is 2. The van der Waals surface area contributed by atoms with Gasteiger partial charge in [-0.15, -0.1) is 10.2 Å². The Kier molecular flexibility index (Phi) is 5.48. The average molecular weight is 461 g/mol. The predicted molar refractivity (Wildman–Crippen MR) is 113 cm³/mol. The number of benzene rings is 2. The number of anilines is 1. The lowest BCUT2D eigenvalue weighted by molar-refractivity contribution is -0.117. The molecule has 1 saturated carbocycles. The molecular weight excluding hydrogens is 442 g/mol. The van der Waals surface area contributed by atoms with E-state index in [-0.39, 0.29) is 5.91 Å². The molecule has 28 heavy (non-hydrogen) atoms. The quantitative estimate of drug-likeness (QED) is 0.577. The number of hydrogen-bond acceptors (Lipinski definition) is 4. The average Bonchev–Trinajstić information content (AvgIpc) is 3.42. The second-order valence-electron chi connectivity index (χ2n) is 6.91. The summed E-state index contributed by atoms with van der Waals surface area (Å²) in [5.41, 5.74) is 8.55. The molecule has 0 bridgehead atoms. The molecule has 1 aromatic heterocycles. The molecule has 0 radical (unpaired) electrons. The van der Waals surface area contributed by atoms with Crippen LogP contribution in [0, 0.1) is 0 Å². The number of carbonyl (C=O) groups excluding carboxylic acids is 1. The van der Waals surface area contributed by atoms with Crippen molar-refractivity contribution in [2.24, 2.45) is 5.73 Å². The van der Waals surface area contributed by atoms with Gasteiger partial charge in [-0.3, -0.25) is 4.79 Å². The van der Waals surface area contributed by atoms with Gasteiger partial charge in [0.05, 0.1) is 6.04 Å². The largest absolute Gasteiger partial charge is 0.325 e. The lowest BCUT2D eigenvalue weighted by atomic mass is 10.1. The number of carbonyl (C=O) groups is 1. The molecule has 1 aliphatic rings. The van der Waals surface area contributed by atoms with Crippen molar-refractivity contribution >= 4 is 39.1 Å². The van der Waals surface area contributed by atoms with Crippen LogP contribution in [0.5, 0.6) is 0 Å². The number of amides is 1. The van der Waals surface area contributed by atoms with Crippen molar-refractivity contribution in [3.63, 3.8) is 0 Å². The van der Waals surface area contributed by atoms with Gasteiger partial charge in [0.15, 0.2) is 5.82 Å². The predicted octanol–water partition coefficient (Wildman–Crippen LogP) is 4.20. The highest BCUT2D eigenvalue weighted by atomic mass is 79.9. The van der Waals surface area contributed by atoms with E-state index in [0.29, 0.717) is 23.2 Å². The highest BCUT2D eigenvalue weighted by Gasteiger charge is 2.26. The van der Waals surface area contributed by atoms with E-state index in [4.69, 9.17) is 17.3 Å². The van der Waals surface area contributed by atoms with Crippen molar-refractivity contribution < 1.29 is 4.79 Å². The van der Waals surface area contributed by atoms with Crippen molar-refractivity contribution in [1.82, 2.24) is 14.8 Å². The lowest BCUT2D eigenvalue weighted by Gasteiger charge is -2.14. The summed E-state index contributed by atoms with van der Waals surface area (Å²) in [7, 11) is 0. The van der Waals surface area contributed by atoms with Crippen LogP contribution in [0.15, 0.2) is 53.3 Å². The number of nitrogens with one attached hydrogen (secondary N) is 1. The van der Waals surface area contributed by atoms with Gasteiger partial charge in [-0.05, 0) is 67.3 Å². The lowest BCUT2D eigenvalue weighted by Crippen LogP contribution is -2.37. The Balaban J connectivity index is 1.41. The fraction of sp³-hybridized carbons (Fsp3) is 0.250. The topological polar surface area (TPSA) is 85.8 Å². The van der Waals surface area contributed by atoms with Gasteiger partial charge in [-0.25, -0.2) is 0 Å². The number of aromatic nitrogens is 3. The fourth-order valence-electron chi connectivity index (χ4n) is 3.04. The maximum Gasteiger partial charge on any atom is 0.241 e. The summed E-state index contributed by atoms with van der Waals surface area (Å²) >= 11 is 9.60. The zero-order valence-corrected chi connectivity index (χ0v) is 17.3. The zero-order chi connectivity index (χ0) is 19.7. The summed E-state index contributed by atoms with van der Waals surface area (Å²) in [5.74, 6) is 0.589. The SMILES string of the molecule is NC(Cc1cc(Br)ccc1Cl)C(=O)Nc1ccc(-c2nncn2C2CC2)cc1. The van der Waals surface area contributed by atoms with E-state index in [2.05, 4.69) is 36.0 Å². The Labute approximate surface area is 176 Å². The molecule has 0 aliphatic heterocycles. The summed E-state index contributed by atoms with van der Waals surface area (Å²) in [6.07, 6.45) is 4.46. The zero-order valence-electron chi connectivity index (χ0n) is 15.0. The highest BCUT2D eigenvalue weighted by molar-refractivity contribution is 9.10. The molecule has 2 aromatic carbocycles. The van der Waals surface area contributed by atoms with E-state index in [1.165, 1.54) is 12.8 Å². The van der Waals surface area contributed by atoms with Crippen molar-refractivity contribution in [2.75, 3.05) is 5.32 Å². The van der Waals surface area contributed by atoms with Crippen LogP contribution in [0.4, 0.5) is 5.69 Å². The molecule has 1 fully saturated rings. The van der Waals surface area contributed by atoms with Crippen LogP contribution in [0.2, 0.25) is 5.02 Å². The number of nitrogens with zero attached hydrogens (tertiary/aromatic N) is 3. The summed E-state index contributed by atoms with van der Waals surface area (Å²) < 4.78 is 3.00. The summed E-state index contributed by atoms with van der Waals surface area (Å²) in [4.78, 5) is 12.5. The summed E-state index contributed by atoms with van der Waals surface area (Å²) in [5, 5.41) is 11.7. The van der Waals surface area contributed by atoms with Gasteiger partial charge in [0.1, 0.15) is 6.33 Å². The second kappa shape index (κ2) is 8.03. The normalized spacial score (nSPS) is 14.7. The van der Waals surface area contributed by atoms with Crippen LogP contribution in [0.1, 0.15) is 24.4 Å². The molecule has 6 nitrogen and oxygen atoms in total. The Morgan fingerprint density at radius 3 is 2.75 bits per heavy atom. The molecule has 144 valence electrons. The molecule has 1 amide bonds. The molecule has 1 atom stereocenters. The minimum atomic E-state index is -0.704. The minimum absolute atomic E-state index is 0.259. The first-order valence-corrected chi connectivity index (χ1v) is 10.2. The van der Waals surface area contributed by atoms with Crippen LogP contribution in [0.3, 0.4) is 0 Å². The maximum atomic E-state index is 12.5. The highest BCUT2D eigenvalue weighted by Crippen LogP contribution is 2.37. The molecule has 0 saturated heterocycles. The van der Waals surface area contributed by atoms with E-state index in [0.717, 1.165) is 21.4 Å². The van der Waals surface area contributed by atoms with E-state index >= 15 is 0 Å². The van der Waals surface area contributed by atoms with Crippen molar-refractivity contribution in [3.05, 3.63) is 63.9 Å². The summed E-state index contributed by atoms with van der Waals surface area (Å²) in [6.45, 7) is 0. The van der Waals surface area contributed by atoms with Gasteiger partial charge < -0.3 is 15.6 Å². The molecule has 1 aliphatic carbocycles. The minimum Gasteiger partial charge on any atom is -0.325 e. The van der Waals surface area contributed by atoms with Crippen LogP contribution < -0.4 is 11.1 Å². The Hall–Kier alpha value is -2.22. The van der Waals surface area contributed by atoms with Gasteiger partial charge >= 0.3 is 0 Å². The van der Waals surface area contributed by atoms with Gasteiger partial charge in [-0.2, -0.15) is 0 Å². The molecule has 8 heteroatoms. The van der Waals surface area contributed by atoms with Gasteiger partial charge in [-0.1, -0.05) is 27.5 Å². The van der Waals surface area contributed by atoms with Crippen molar-refractivity contribution in [2.45, 2.75) is 31.3 Å². The molecule has 1 heterocycles.